The quantitative estimate of drug-likeness (QED) is 0.409. The molecule has 2 aliphatic rings. The zero-order chi connectivity index (χ0) is 22.5. The first kappa shape index (κ1) is 20.6. The molecule has 0 spiro atoms. The molecule has 6 rings (SSSR count). The molecule has 172 valence electrons. The van der Waals surface area contributed by atoms with Gasteiger partial charge < -0.3 is 15.6 Å². The predicted octanol–water partition coefficient (Wildman–Crippen LogP) is 4.08. The lowest BCUT2D eigenvalue weighted by Crippen LogP contribution is -2.51. The van der Waals surface area contributed by atoms with E-state index in [2.05, 4.69) is 52.4 Å². The SMILES string of the molecule is Cc1cc(Nc2nc(N)nc3scc(C4C[C@H]5CCC[C@@H](C4)N5Cc4nccn4C)c23)n[nH]1. The molecular formula is C23H29N9S. The first-order chi connectivity index (χ1) is 16.0. The van der Waals surface area contributed by atoms with Crippen molar-refractivity contribution >= 4 is 39.1 Å². The lowest BCUT2D eigenvalue weighted by Gasteiger charge is -2.49. The van der Waals surface area contributed by atoms with Gasteiger partial charge in [0.15, 0.2) is 5.82 Å². The minimum atomic E-state index is 0.285. The van der Waals surface area contributed by atoms with Crippen molar-refractivity contribution < 1.29 is 0 Å². The number of fused-ring (bicyclic) bond motifs is 3. The summed E-state index contributed by atoms with van der Waals surface area (Å²) in [7, 11) is 2.09. The van der Waals surface area contributed by atoms with Crippen LogP contribution in [0.15, 0.2) is 23.8 Å². The Labute approximate surface area is 196 Å². The Morgan fingerprint density at radius 2 is 2.06 bits per heavy atom. The highest BCUT2D eigenvalue weighted by Crippen LogP contribution is 2.46. The van der Waals surface area contributed by atoms with Crippen LogP contribution in [0.2, 0.25) is 0 Å². The van der Waals surface area contributed by atoms with E-state index in [1.807, 2.05) is 25.4 Å². The molecule has 2 aliphatic heterocycles. The number of nitrogens with one attached hydrogen (secondary N) is 2. The molecule has 3 atom stereocenters. The highest BCUT2D eigenvalue weighted by atomic mass is 32.1. The third kappa shape index (κ3) is 3.76. The number of anilines is 3. The summed E-state index contributed by atoms with van der Waals surface area (Å²) in [6.45, 7) is 2.91. The molecular weight excluding hydrogens is 434 g/mol. The lowest BCUT2D eigenvalue weighted by molar-refractivity contribution is 0.0207. The maximum Gasteiger partial charge on any atom is 0.223 e. The highest BCUT2D eigenvalue weighted by molar-refractivity contribution is 7.17. The molecule has 6 heterocycles. The Bertz CT molecular complexity index is 1270. The number of rotatable bonds is 5. The highest BCUT2D eigenvalue weighted by Gasteiger charge is 2.40. The smallest absolute Gasteiger partial charge is 0.223 e. The average molecular weight is 464 g/mol. The second-order valence-corrected chi connectivity index (χ2v) is 10.3. The molecule has 4 N–H and O–H groups in total. The fourth-order valence-corrected chi connectivity index (χ4v) is 6.70. The van der Waals surface area contributed by atoms with Crippen LogP contribution in [-0.2, 0) is 13.6 Å². The molecule has 0 saturated carbocycles. The van der Waals surface area contributed by atoms with Crippen molar-refractivity contribution in [3.8, 4) is 0 Å². The summed E-state index contributed by atoms with van der Waals surface area (Å²) in [5, 5.41) is 14.1. The summed E-state index contributed by atoms with van der Waals surface area (Å²) in [6, 6.07) is 3.12. The summed E-state index contributed by atoms with van der Waals surface area (Å²) in [4.78, 5) is 17.3. The zero-order valence-electron chi connectivity index (χ0n) is 19.0. The van der Waals surface area contributed by atoms with Crippen LogP contribution in [0, 0.1) is 6.92 Å². The van der Waals surface area contributed by atoms with Gasteiger partial charge in [-0.2, -0.15) is 10.1 Å². The van der Waals surface area contributed by atoms with Gasteiger partial charge in [0.25, 0.3) is 0 Å². The average Bonchev–Trinajstić information content (AvgIpc) is 3.48. The summed E-state index contributed by atoms with van der Waals surface area (Å²) in [5.41, 5.74) is 8.38. The number of imidazole rings is 1. The molecule has 0 aromatic carbocycles. The fourth-order valence-electron chi connectivity index (χ4n) is 5.68. The van der Waals surface area contributed by atoms with E-state index in [1.165, 1.54) is 24.8 Å². The van der Waals surface area contributed by atoms with Gasteiger partial charge in [-0.05, 0) is 49.5 Å². The fraction of sp³-hybridized carbons (Fsp3) is 0.478. The van der Waals surface area contributed by atoms with Crippen molar-refractivity contribution in [2.75, 3.05) is 11.1 Å². The van der Waals surface area contributed by atoms with Gasteiger partial charge in [0, 0.05) is 43.3 Å². The number of aromatic nitrogens is 6. The Morgan fingerprint density at radius 3 is 2.76 bits per heavy atom. The molecule has 4 aromatic rings. The van der Waals surface area contributed by atoms with Crippen LogP contribution in [0.5, 0.6) is 0 Å². The van der Waals surface area contributed by atoms with Crippen LogP contribution in [0.4, 0.5) is 17.6 Å². The van der Waals surface area contributed by atoms with Crippen molar-refractivity contribution in [3.63, 3.8) is 0 Å². The van der Waals surface area contributed by atoms with Gasteiger partial charge in [0.2, 0.25) is 5.95 Å². The number of nitrogens with two attached hydrogens (primary N) is 1. The Hall–Kier alpha value is -2.98. The topological polar surface area (TPSA) is 114 Å². The molecule has 1 unspecified atom stereocenters. The maximum atomic E-state index is 6.04. The van der Waals surface area contributed by atoms with Gasteiger partial charge in [-0.1, -0.05) is 6.42 Å². The van der Waals surface area contributed by atoms with E-state index in [9.17, 15) is 0 Å². The van der Waals surface area contributed by atoms with E-state index in [4.69, 9.17) is 5.73 Å². The molecule has 2 saturated heterocycles. The van der Waals surface area contributed by atoms with Crippen LogP contribution in [0.1, 0.15) is 55.1 Å². The monoisotopic (exact) mass is 463 g/mol. The van der Waals surface area contributed by atoms with Crippen LogP contribution in [-0.4, -0.2) is 46.7 Å². The number of piperidine rings is 2. The number of aromatic amines is 1. The molecule has 33 heavy (non-hydrogen) atoms. The predicted molar refractivity (Wildman–Crippen MR) is 131 cm³/mol. The van der Waals surface area contributed by atoms with Crippen LogP contribution < -0.4 is 11.1 Å². The molecule has 2 fully saturated rings. The van der Waals surface area contributed by atoms with Gasteiger partial charge in [-0.15, -0.1) is 11.3 Å². The van der Waals surface area contributed by atoms with Gasteiger partial charge in [-0.25, -0.2) is 9.97 Å². The van der Waals surface area contributed by atoms with Gasteiger partial charge >= 0.3 is 0 Å². The third-order valence-corrected chi connectivity index (χ3v) is 8.13. The van der Waals surface area contributed by atoms with E-state index in [1.54, 1.807) is 11.3 Å². The van der Waals surface area contributed by atoms with E-state index < -0.39 is 0 Å². The van der Waals surface area contributed by atoms with E-state index >= 15 is 0 Å². The van der Waals surface area contributed by atoms with E-state index in [0.29, 0.717) is 18.0 Å². The Kier molecular flexibility index (Phi) is 5.06. The number of hydrogen-bond acceptors (Lipinski definition) is 8. The van der Waals surface area contributed by atoms with Crippen molar-refractivity contribution in [1.29, 1.82) is 0 Å². The molecule has 10 heteroatoms. The summed E-state index contributed by atoms with van der Waals surface area (Å²) >= 11 is 1.66. The number of nitrogen functional groups attached to an aromatic ring is 1. The lowest BCUT2D eigenvalue weighted by atomic mass is 9.75. The zero-order valence-corrected chi connectivity index (χ0v) is 19.8. The van der Waals surface area contributed by atoms with Gasteiger partial charge in [0.1, 0.15) is 16.5 Å². The molecule has 4 aromatic heterocycles. The Morgan fingerprint density at radius 1 is 1.24 bits per heavy atom. The van der Waals surface area contributed by atoms with E-state index in [-0.39, 0.29) is 5.95 Å². The van der Waals surface area contributed by atoms with Crippen LogP contribution in [0.25, 0.3) is 10.2 Å². The minimum Gasteiger partial charge on any atom is -0.368 e. The summed E-state index contributed by atoms with van der Waals surface area (Å²) in [5.74, 6) is 3.41. The van der Waals surface area contributed by atoms with Crippen molar-refractivity contribution in [1.82, 2.24) is 34.6 Å². The molecule has 0 aliphatic carbocycles. The number of thiophene rings is 1. The number of H-pyrrole nitrogens is 1. The third-order valence-electron chi connectivity index (χ3n) is 7.24. The first-order valence-corrected chi connectivity index (χ1v) is 12.5. The minimum absolute atomic E-state index is 0.285. The van der Waals surface area contributed by atoms with Crippen molar-refractivity contribution in [3.05, 3.63) is 40.9 Å². The normalized spacial score (nSPS) is 23.3. The molecule has 9 nitrogen and oxygen atoms in total. The Balaban J connectivity index is 1.32. The largest absolute Gasteiger partial charge is 0.368 e. The second-order valence-electron chi connectivity index (χ2n) is 9.40. The van der Waals surface area contributed by atoms with Crippen molar-refractivity contribution in [2.45, 2.75) is 63.6 Å². The second kappa shape index (κ2) is 8.11. The van der Waals surface area contributed by atoms with Gasteiger partial charge in [-0.3, -0.25) is 10.00 Å². The van der Waals surface area contributed by atoms with Crippen LogP contribution >= 0.6 is 11.3 Å². The van der Waals surface area contributed by atoms with Gasteiger partial charge in [0.05, 0.1) is 11.9 Å². The van der Waals surface area contributed by atoms with E-state index in [0.717, 1.165) is 52.8 Å². The maximum absolute atomic E-state index is 6.04. The summed E-state index contributed by atoms with van der Waals surface area (Å²) in [6.07, 6.45) is 10.1. The molecule has 0 amide bonds. The van der Waals surface area contributed by atoms with Crippen LogP contribution in [0.3, 0.4) is 0 Å². The number of hydrogen-bond donors (Lipinski definition) is 3. The number of nitrogens with zero attached hydrogens (tertiary/aromatic N) is 6. The molecule has 2 bridgehead atoms. The molecule has 0 radical (unpaired) electrons. The first-order valence-electron chi connectivity index (χ1n) is 11.6. The summed E-state index contributed by atoms with van der Waals surface area (Å²) < 4.78 is 2.14. The number of aryl methyl sites for hydroxylation is 2. The van der Waals surface area contributed by atoms with Crippen molar-refractivity contribution in [2.24, 2.45) is 7.05 Å². The standard InChI is InChI=1S/C23H29N9S/c1-13-8-18(30-29-13)26-21-20-17(12-33-22(20)28-23(24)27-21)14-9-15-4-3-5-16(10-14)32(15)11-19-25-6-7-31(19)2/h6-8,12,14-16H,3-5,9-11H2,1-2H3,(H4,24,26,27,28,29,30)/t14?,15-,16+.